The van der Waals surface area contributed by atoms with Crippen molar-refractivity contribution < 1.29 is 0 Å². The van der Waals surface area contributed by atoms with Crippen molar-refractivity contribution in [2.45, 2.75) is 45.7 Å². The molecule has 0 bridgehead atoms. The molecule has 4 heteroatoms. The molecule has 92 valence electrons. The molecule has 0 aliphatic heterocycles. The molecule has 1 aromatic rings. The van der Waals surface area contributed by atoms with E-state index in [1.54, 1.807) is 11.3 Å². The van der Waals surface area contributed by atoms with Gasteiger partial charge in [-0.05, 0) is 34.4 Å². The van der Waals surface area contributed by atoms with Gasteiger partial charge in [0.2, 0.25) is 0 Å². The first-order chi connectivity index (χ1) is 7.34. The van der Waals surface area contributed by atoms with Crippen molar-refractivity contribution in [1.82, 2.24) is 9.88 Å². The van der Waals surface area contributed by atoms with E-state index in [0.29, 0.717) is 0 Å². The number of thiazole rings is 1. The van der Waals surface area contributed by atoms with Crippen molar-refractivity contribution in [3.05, 3.63) is 15.6 Å². The fourth-order valence-corrected chi connectivity index (χ4v) is 2.89. The van der Waals surface area contributed by atoms with Crippen LogP contribution in [0.5, 0.6) is 0 Å². The maximum Gasteiger partial charge on any atom is 0.107 e. The second-order valence-electron chi connectivity index (χ2n) is 5.09. The summed E-state index contributed by atoms with van der Waals surface area (Å²) < 4.78 is 0. The van der Waals surface area contributed by atoms with E-state index in [1.165, 1.54) is 15.6 Å². The van der Waals surface area contributed by atoms with Gasteiger partial charge in [-0.15, -0.1) is 11.3 Å². The lowest BCUT2D eigenvalue weighted by atomic mass is 10.0. The fourth-order valence-electron chi connectivity index (χ4n) is 1.65. The molecule has 16 heavy (non-hydrogen) atoms. The lowest BCUT2D eigenvalue weighted by Gasteiger charge is -2.17. The van der Waals surface area contributed by atoms with Gasteiger partial charge < -0.3 is 10.6 Å². The van der Waals surface area contributed by atoms with Crippen molar-refractivity contribution in [2.24, 2.45) is 5.73 Å². The van der Waals surface area contributed by atoms with Gasteiger partial charge in [-0.2, -0.15) is 0 Å². The van der Waals surface area contributed by atoms with E-state index in [-0.39, 0.29) is 5.54 Å². The molecule has 2 N–H and O–H groups in total. The average Bonchev–Trinajstić information content (AvgIpc) is 2.46. The molecule has 0 spiro atoms. The van der Waals surface area contributed by atoms with Gasteiger partial charge in [0.1, 0.15) is 5.01 Å². The van der Waals surface area contributed by atoms with Crippen LogP contribution in [0.25, 0.3) is 0 Å². The number of hydrogen-bond acceptors (Lipinski definition) is 4. The Morgan fingerprint density at radius 1 is 1.38 bits per heavy atom. The monoisotopic (exact) mass is 241 g/mol. The summed E-state index contributed by atoms with van der Waals surface area (Å²) in [4.78, 5) is 8.09. The van der Waals surface area contributed by atoms with E-state index in [0.717, 1.165) is 19.4 Å². The van der Waals surface area contributed by atoms with E-state index in [2.05, 4.69) is 39.8 Å². The fraction of sp³-hybridized carbons (Fsp3) is 0.750. The topological polar surface area (TPSA) is 42.2 Å². The highest BCUT2D eigenvalue weighted by Gasteiger charge is 2.22. The van der Waals surface area contributed by atoms with Crippen LogP contribution in [0.4, 0.5) is 0 Å². The van der Waals surface area contributed by atoms with Crippen LogP contribution >= 0.6 is 11.3 Å². The first-order valence-electron chi connectivity index (χ1n) is 5.77. The zero-order valence-electron chi connectivity index (χ0n) is 11.0. The molecule has 0 saturated carbocycles. The van der Waals surface area contributed by atoms with Crippen molar-refractivity contribution in [3.63, 3.8) is 0 Å². The molecule has 0 aliphatic rings. The smallest absolute Gasteiger partial charge is 0.107 e. The van der Waals surface area contributed by atoms with Crippen molar-refractivity contribution in [2.75, 3.05) is 14.1 Å². The summed E-state index contributed by atoms with van der Waals surface area (Å²) in [7, 11) is 4.13. The molecule has 1 heterocycles. The summed E-state index contributed by atoms with van der Waals surface area (Å²) in [6.45, 7) is 7.19. The first kappa shape index (κ1) is 13.6. The largest absolute Gasteiger partial charge is 0.321 e. The molecule has 0 unspecified atom stereocenters. The van der Waals surface area contributed by atoms with Gasteiger partial charge >= 0.3 is 0 Å². The summed E-state index contributed by atoms with van der Waals surface area (Å²) in [6, 6.07) is 0. The van der Waals surface area contributed by atoms with Crippen LogP contribution in [0.15, 0.2) is 0 Å². The molecular formula is C12H23N3S. The molecule has 0 aliphatic carbocycles. The van der Waals surface area contributed by atoms with Gasteiger partial charge in [-0.1, -0.05) is 13.3 Å². The highest BCUT2D eigenvalue weighted by atomic mass is 32.1. The van der Waals surface area contributed by atoms with Gasteiger partial charge in [0, 0.05) is 17.0 Å². The summed E-state index contributed by atoms with van der Waals surface area (Å²) >= 11 is 1.76. The quantitative estimate of drug-likeness (QED) is 0.860. The van der Waals surface area contributed by atoms with Crippen LogP contribution in [0.3, 0.4) is 0 Å². The Labute approximate surface area is 103 Å². The van der Waals surface area contributed by atoms with Crippen LogP contribution in [0.1, 0.15) is 42.8 Å². The zero-order chi connectivity index (χ0) is 12.3. The lowest BCUT2D eigenvalue weighted by molar-refractivity contribution is 0.401. The van der Waals surface area contributed by atoms with Crippen LogP contribution in [-0.4, -0.2) is 24.0 Å². The lowest BCUT2D eigenvalue weighted by Crippen LogP contribution is -2.28. The highest BCUT2D eigenvalue weighted by Crippen LogP contribution is 2.29. The molecular weight excluding hydrogens is 218 g/mol. The Kier molecular flexibility index (Phi) is 4.47. The number of nitrogens with two attached hydrogens (primary N) is 1. The molecule has 1 aromatic heterocycles. The maximum atomic E-state index is 6.19. The summed E-state index contributed by atoms with van der Waals surface area (Å²) in [5, 5.41) is 1.17. The van der Waals surface area contributed by atoms with Gasteiger partial charge in [-0.3, -0.25) is 0 Å². The Balaban J connectivity index is 3.00. The Morgan fingerprint density at radius 3 is 2.44 bits per heavy atom. The zero-order valence-corrected chi connectivity index (χ0v) is 11.8. The minimum Gasteiger partial charge on any atom is -0.321 e. The van der Waals surface area contributed by atoms with E-state index < -0.39 is 0 Å². The summed E-state index contributed by atoms with van der Waals surface area (Å²) in [5.41, 5.74) is 7.11. The van der Waals surface area contributed by atoms with E-state index in [9.17, 15) is 0 Å². The van der Waals surface area contributed by atoms with Crippen molar-refractivity contribution in [1.29, 1.82) is 0 Å². The average molecular weight is 241 g/mol. The SMILES string of the molecule is CCCc1nc(CN(C)C)sc1C(C)(C)N. The highest BCUT2D eigenvalue weighted by molar-refractivity contribution is 7.11. The number of rotatable bonds is 5. The third-order valence-electron chi connectivity index (χ3n) is 2.27. The van der Waals surface area contributed by atoms with E-state index >= 15 is 0 Å². The third-order valence-corrected chi connectivity index (χ3v) is 3.69. The Morgan fingerprint density at radius 2 is 2.00 bits per heavy atom. The van der Waals surface area contributed by atoms with Crippen LogP contribution in [-0.2, 0) is 18.5 Å². The van der Waals surface area contributed by atoms with Crippen LogP contribution in [0.2, 0.25) is 0 Å². The van der Waals surface area contributed by atoms with Crippen molar-refractivity contribution in [3.8, 4) is 0 Å². The second kappa shape index (κ2) is 5.25. The van der Waals surface area contributed by atoms with Crippen molar-refractivity contribution >= 4 is 11.3 Å². The predicted molar refractivity (Wildman–Crippen MR) is 70.7 cm³/mol. The molecule has 1 rings (SSSR count). The molecule has 0 amide bonds. The molecule has 3 nitrogen and oxygen atoms in total. The van der Waals surface area contributed by atoms with Gasteiger partial charge in [0.25, 0.3) is 0 Å². The predicted octanol–water partition coefficient (Wildman–Crippen LogP) is 2.35. The van der Waals surface area contributed by atoms with Crippen LogP contribution in [0, 0.1) is 0 Å². The molecule has 0 saturated heterocycles. The van der Waals surface area contributed by atoms with E-state index in [4.69, 9.17) is 10.7 Å². The summed E-state index contributed by atoms with van der Waals surface area (Å²) in [6.07, 6.45) is 2.15. The van der Waals surface area contributed by atoms with Gasteiger partial charge in [-0.25, -0.2) is 4.98 Å². The number of hydrogen-bond donors (Lipinski definition) is 1. The van der Waals surface area contributed by atoms with E-state index in [1.807, 2.05) is 0 Å². The number of nitrogens with zero attached hydrogens (tertiary/aromatic N) is 2. The normalized spacial score (nSPS) is 12.4. The standard InChI is InChI=1S/C12H23N3S/c1-6-7-9-11(12(2,3)13)16-10(14-9)8-15(4)5/h6-8,13H2,1-5H3. The van der Waals surface area contributed by atoms with Gasteiger partial charge in [0.05, 0.1) is 5.69 Å². The minimum absolute atomic E-state index is 0.271. The molecule has 0 aromatic carbocycles. The molecule has 0 radical (unpaired) electrons. The minimum atomic E-state index is -0.271. The maximum absolute atomic E-state index is 6.19. The van der Waals surface area contributed by atoms with Gasteiger partial charge in [0.15, 0.2) is 0 Å². The first-order valence-corrected chi connectivity index (χ1v) is 6.59. The molecule has 0 atom stereocenters. The third kappa shape index (κ3) is 3.54. The van der Waals surface area contributed by atoms with Crippen LogP contribution < -0.4 is 5.73 Å². The molecule has 0 fully saturated rings. The number of aromatic nitrogens is 1. The Bertz CT molecular complexity index is 337. The summed E-state index contributed by atoms with van der Waals surface area (Å²) in [5.74, 6) is 0. The number of aryl methyl sites for hydroxylation is 1. The second-order valence-corrected chi connectivity index (χ2v) is 6.18. The Hall–Kier alpha value is -0.450.